The molecule has 1 aromatic carbocycles. The molecule has 0 aliphatic heterocycles. The van der Waals surface area contributed by atoms with Gasteiger partial charge in [0, 0.05) is 12.3 Å². The van der Waals surface area contributed by atoms with E-state index in [9.17, 15) is 13.6 Å². The molecular formula is C12H10F2N4O. The van der Waals surface area contributed by atoms with Crippen molar-refractivity contribution in [2.24, 2.45) is 0 Å². The molecule has 98 valence electrons. The fourth-order valence-electron chi connectivity index (χ4n) is 1.37. The third kappa shape index (κ3) is 3.15. The molecule has 2 rings (SSSR count). The second kappa shape index (κ2) is 5.30. The summed E-state index contributed by atoms with van der Waals surface area (Å²) in [6.45, 7) is 0. The Hall–Kier alpha value is -2.70. The zero-order chi connectivity index (χ0) is 13.8. The quantitative estimate of drug-likeness (QED) is 0.779. The summed E-state index contributed by atoms with van der Waals surface area (Å²) < 4.78 is 26.0. The first kappa shape index (κ1) is 12.7. The van der Waals surface area contributed by atoms with Crippen molar-refractivity contribution in [3.8, 4) is 0 Å². The molecule has 0 atom stereocenters. The van der Waals surface area contributed by atoms with Gasteiger partial charge in [-0.1, -0.05) is 0 Å². The summed E-state index contributed by atoms with van der Waals surface area (Å²) in [6, 6.07) is 5.26. The highest BCUT2D eigenvalue weighted by atomic mass is 19.1. The normalized spacial score (nSPS) is 10.0. The molecule has 2 aromatic rings. The number of rotatable bonds is 2. The lowest BCUT2D eigenvalue weighted by molar-refractivity contribution is 0.262. The summed E-state index contributed by atoms with van der Waals surface area (Å²) in [6.07, 6.45) is 1.45. The molecule has 0 saturated heterocycles. The van der Waals surface area contributed by atoms with Crippen molar-refractivity contribution in [2.75, 3.05) is 16.4 Å². The van der Waals surface area contributed by atoms with E-state index in [-0.39, 0.29) is 17.2 Å². The number of aromatic nitrogens is 1. The Kier molecular flexibility index (Phi) is 3.56. The molecule has 0 aliphatic carbocycles. The van der Waals surface area contributed by atoms with Crippen LogP contribution >= 0.6 is 0 Å². The van der Waals surface area contributed by atoms with Crippen molar-refractivity contribution in [3.05, 3.63) is 48.2 Å². The predicted octanol–water partition coefficient (Wildman–Crippen LogP) is 2.59. The third-order valence-corrected chi connectivity index (χ3v) is 2.25. The highest BCUT2D eigenvalue weighted by Crippen LogP contribution is 2.16. The fraction of sp³-hybridized carbons (Fsp3) is 0. The molecule has 19 heavy (non-hydrogen) atoms. The number of nitrogens with zero attached hydrogens (tertiary/aromatic N) is 1. The number of pyridine rings is 1. The number of anilines is 3. The summed E-state index contributed by atoms with van der Waals surface area (Å²) in [5.41, 5.74) is 5.71. The van der Waals surface area contributed by atoms with Crippen molar-refractivity contribution in [1.82, 2.24) is 4.98 Å². The smallest absolute Gasteiger partial charge is 0.324 e. The van der Waals surface area contributed by atoms with E-state index in [0.717, 1.165) is 12.1 Å². The van der Waals surface area contributed by atoms with E-state index in [2.05, 4.69) is 15.6 Å². The summed E-state index contributed by atoms with van der Waals surface area (Å²) in [5, 5.41) is 4.58. The monoisotopic (exact) mass is 264 g/mol. The van der Waals surface area contributed by atoms with E-state index in [0.29, 0.717) is 6.07 Å². The van der Waals surface area contributed by atoms with Crippen molar-refractivity contribution in [2.45, 2.75) is 0 Å². The van der Waals surface area contributed by atoms with Crippen LogP contribution in [0.1, 0.15) is 0 Å². The van der Waals surface area contributed by atoms with Gasteiger partial charge in [-0.05, 0) is 24.3 Å². The maximum Gasteiger partial charge on any atom is 0.324 e. The van der Waals surface area contributed by atoms with Gasteiger partial charge in [-0.2, -0.15) is 0 Å². The lowest BCUT2D eigenvalue weighted by Crippen LogP contribution is -2.21. The number of hydrogen-bond donors (Lipinski definition) is 3. The molecule has 1 aromatic heterocycles. The summed E-state index contributed by atoms with van der Waals surface area (Å²) in [7, 11) is 0. The minimum Gasteiger partial charge on any atom is -0.396 e. The van der Waals surface area contributed by atoms with Gasteiger partial charge in [0.1, 0.15) is 11.6 Å². The van der Waals surface area contributed by atoms with E-state index < -0.39 is 17.7 Å². The van der Waals surface area contributed by atoms with Gasteiger partial charge in [0.05, 0.1) is 11.4 Å². The number of amides is 2. The van der Waals surface area contributed by atoms with E-state index in [1.165, 1.54) is 6.20 Å². The molecule has 4 N–H and O–H groups in total. The van der Waals surface area contributed by atoms with Crippen LogP contribution in [0.15, 0.2) is 36.5 Å². The number of halogens is 2. The van der Waals surface area contributed by atoms with Gasteiger partial charge in [0.15, 0.2) is 5.82 Å². The average molecular weight is 264 g/mol. The molecule has 0 fully saturated rings. The number of urea groups is 1. The Bertz CT molecular complexity index is 618. The molecule has 0 radical (unpaired) electrons. The fourth-order valence-corrected chi connectivity index (χ4v) is 1.37. The lowest BCUT2D eigenvalue weighted by atomic mass is 10.3. The van der Waals surface area contributed by atoms with Gasteiger partial charge >= 0.3 is 6.03 Å². The number of nitrogen functional groups attached to an aromatic ring is 1. The molecule has 0 bridgehead atoms. The van der Waals surface area contributed by atoms with E-state index in [1.807, 2.05) is 0 Å². The first-order chi connectivity index (χ1) is 9.06. The number of benzene rings is 1. The zero-order valence-corrected chi connectivity index (χ0v) is 9.65. The molecule has 7 heteroatoms. The van der Waals surface area contributed by atoms with Crippen LogP contribution in [0.4, 0.5) is 30.8 Å². The molecule has 5 nitrogen and oxygen atoms in total. The highest BCUT2D eigenvalue weighted by Gasteiger charge is 2.09. The standard InChI is InChI=1S/C12H10F2N4O/c13-7-3-4-10(8(14)6-7)17-12(19)18-11-9(15)2-1-5-16-11/h1-6H,15H2,(H2,16,17,18,19). The molecule has 0 spiro atoms. The maximum atomic E-state index is 13.3. The first-order valence-electron chi connectivity index (χ1n) is 5.30. The van der Waals surface area contributed by atoms with Crippen LogP contribution in [0.25, 0.3) is 0 Å². The number of carbonyl (C=O) groups excluding carboxylic acids is 1. The minimum atomic E-state index is -0.871. The molecule has 0 aliphatic rings. The second-order valence-corrected chi connectivity index (χ2v) is 3.64. The third-order valence-electron chi connectivity index (χ3n) is 2.25. The first-order valence-corrected chi connectivity index (χ1v) is 5.30. The second-order valence-electron chi connectivity index (χ2n) is 3.64. The van der Waals surface area contributed by atoms with E-state index in [4.69, 9.17) is 5.73 Å². The van der Waals surface area contributed by atoms with Crippen LogP contribution in [-0.4, -0.2) is 11.0 Å². The number of nitrogens with one attached hydrogen (secondary N) is 2. The topological polar surface area (TPSA) is 80.0 Å². The SMILES string of the molecule is Nc1cccnc1NC(=O)Nc1ccc(F)cc1F. The summed E-state index contributed by atoms with van der Waals surface area (Å²) >= 11 is 0. The Morgan fingerprint density at radius 1 is 1.21 bits per heavy atom. The van der Waals surface area contributed by atoms with Crippen molar-refractivity contribution in [3.63, 3.8) is 0 Å². The number of nitrogens with two attached hydrogens (primary N) is 1. The molecule has 1 heterocycles. The van der Waals surface area contributed by atoms with Crippen molar-refractivity contribution in [1.29, 1.82) is 0 Å². The Balaban J connectivity index is 2.08. The van der Waals surface area contributed by atoms with Crippen LogP contribution in [0.5, 0.6) is 0 Å². The predicted molar refractivity (Wildman–Crippen MR) is 67.6 cm³/mol. The molecular weight excluding hydrogens is 254 g/mol. The molecule has 0 saturated carbocycles. The molecule has 0 unspecified atom stereocenters. The maximum absolute atomic E-state index is 13.3. The van der Waals surface area contributed by atoms with Gasteiger partial charge < -0.3 is 11.1 Å². The Morgan fingerprint density at radius 3 is 2.68 bits per heavy atom. The highest BCUT2D eigenvalue weighted by molar-refractivity contribution is 6.00. The summed E-state index contributed by atoms with van der Waals surface area (Å²) in [5.74, 6) is -1.44. The average Bonchev–Trinajstić information content (AvgIpc) is 2.36. The zero-order valence-electron chi connectivity index (χ0n) is 9.65. The van der Waals surface area contributed by atoms with Gasteiger partial charge in [-0.15, -0.1) is 0 Å². The van der Waals surface area contributed by atoms with Crippen molar-refractivity contribution < 1.29 is 13.6 Å². The minimum absolute atomic E-state index is 0.145. The van der Waals surface area contributed by atoms with Gasteiger partial charge in [-0.25, -0.2) is 18.6 Å². The summed E-state index contributed by atoms with van der Waals surface area (Å²) in [4.78, 5) is 15.4. The lowest BCUT2D eigenvalue weighted by Gasteiger charge is -2.09. The van der Waals surface area contributed by atoms with Crippen LogP contribution in [0.2, 0.25) is 0 Å². The van der Waals surface area contributed by atoms with E-state index >= 15 is 0 Å². The Labute approximate surface area is 107 Å². The molecule has 2 amide bonds. The van der Waals surface area contributed by atoms with E-state index in [1.54, 1.807) is 12.1 Å². The van der Waals surface area contributed by atoms with Gasteiger partial charge in [0.25, 0.3) is 0 Å². The number of hydrogen-bond acceptors (Lipinski definition) is 3. The van der Waals surface area contributed by atoms with Crippen LogP contribution < -0.4 is 16.4 Å². The van der Waals surface area contributed by atoms with Crippen LogP contribution in [0.3, 0.4) is 0 Å². The number of carbonyl (C=O) groups is 1. The van der Waals surface area contributed by atoms with Gasteiger partial charge in [-0.3, -0.25) is 5.32 Å². The Morgan fingerprint density at radius 2 is 2.00 bits per heavy atom. The van der Waals surface area contributed by atoms with Crippen LogP contribution in [0, 0.1) is 11.6 Å². The van der Waals surface area contributed by atoms with Crippen molar-refractivity contribution >= 4 is 23.2 Å². The van der Waals surface area contributed by atoms with Crippen LogP contribution in [-0.2, 0) is 0 Å². The van der Waals surface area contributed by atoms with Gasteiger partial charge in [0.2, 0.25) is 0 Å². The largest absolute Gasteiger partial charge is 0.396 e.